The molecule has 0 bridgehead atoms. The van der Waals surface area contributed by atoms with Crippen LogP contribution in [0.25, 0.3) is 0 Å². The van der Waals surface area contributed by atoms with Crippen molar-refractivity contribution >= 4 is 11.8 Å². The molecule has 2 heterocycles. The second-order valence-corrected chi connectivity index (χ2v) is 7.46. The number of aromatic nitrogens is 2. The molecule has 5 rings (SSSR count). The summed E-state index contributed by atoms with van der Waals surface area (Å²) in [7, 11) is 0. The van der Waals surface area contributed by atoms with Gasteiger partial charge in [0.25, 0.3) is 0 Å². The lowest BCUT2D eigenvalue weighted by molar-refractivity contribution is 0.594. The maximum Gasteiger partial charge on any atom is 0.222 e. The van der Waals surface area contributed by atoms with Crippen molar-refractivity contribution in [2.24, 2.45) is 5.92 Å². The smallest absolute Gasteiger partial charge is 0.222 e. The van der Waals surface area contributed by atoms with Crippen molar-refractivity contribution in [2.45, 2.75) is 37.1 Å². The van der Waals surface area contributed by atoms with E-state index >= 15 is 0 Å². The highest BCUT2D eigenvalue weighted by Gasteiger charge is 2.57. The maximum absolute atomic E-state index is 6.08. The molecule has 0 radical (unpaired) electrons. The Balaban J connectivity index is 1.55. The van der Waals surface area contributed by atoms with Gasteiger partial charge >= 0.3 is 0 Å². The highest BCUT2D eigenvalue weighted by molar-refractivity contribution is 5.56. The number of piperidine rings is 1. The van der Waals surface area contributed by atoms with E-state index in [4.69, 9.17) is 5.73 Å². The second kappa shape index (κ2) is 5.18. The minimum absolute atomic E-state index is 0.203. The van der Waals surface area contributed by atoms with Gasteiger partial charge in [0.05, 0.1) is 11.2 Å². The van der Waals surface area contributed by atoms with E-state index in [0.29, 0.717) is 11.9 Å². The van der Waals surface area contributed by atoms with Gasteiger partial charge in [0.2, 0.25) is 5.95 Å². The molecule has 1 aromatic heterocycles. The molecule has 5 nitrogen and oxygen atoms in total. The maximum atomic E-state index is 6.08. The average Bonchev–Trinajstić information content (AvgIpc) is 3.14. The fourth-order valence-corrected chi connectivity index (χ4v) is 4.55. The Morgan fingerprint density at radius 2 is 2.08 bits per heavy atom. The molecule has 2 aliphatic carbocycles. The minimum Gasteiger partial charge on any atom is -0.368 e. The molecule has 5 heteroatoms. The first-order chi connectivity index (χ1) is 11.8. The fourth-order valence-electron chi connectivity index (χ4n) is 4.55. The molecule has 124 valence electrons. The van der Waals surface area contributed by atoms with E-state index in [1.807, 2.05) is 0 Å². The summed E-state index contributed by atoms with van der Waals surface area (Å²) in [5.74, 6) is 2.43. The number of rotatable bonds is 3. The number of benzene rings is 1. The van der Waals surface area contributed by atoms with Crippen molar-refractivity contribution in [3.05, 3.63) is 47.2 Å². The van der Waals surface area contributed by atoms with Gasteiger partial charge in [-0.1, -0.05) is 30.3 Å². The molecule has 1 aliphatic heterocycles. The predicted octanol–water partition coefficient (Wildman–Crippen LogP) is 2.30. The van der Waals surface area contributed by atoms with Crippen molar-refractivity contribution in [1.29, 1.82) is 0 Å². The number of hydrogen-bond donors (Lipinski definition) is 3. The van der Waals surface area contributed by atoms with Crippen LogP contribution in [0.4, 0.5) is 11.8 Å². The van der Waals surface area contributed by atoms with Crippen LogP contribution in [-0.4, -0.2) is 28.6 Å². The molecule has 3 atom stereocenters. The standard InChI is InChI=1S/C19H23N5/c20-18-22-16-14(12-5-2-1-3-6-12)7-4-8-15(16)17(23-18)24-19-9-13(19)10-21-11-19/h1-3,5-6,13-14,21H,4,7-11H2,(H3,20,22,23,24). The number of nitrogen functional groups attached to an aromatic ring is 1. The average molecular weight is 321 g/mol. The highest BCUT2D eigenvalue weighted by atomic mass is 15.2. The van der Waals surface area contributed by atoms with Crippen LogP contribution in [0.15, 0.2) is 30.3 Å². The largest absolute Gasteiger partial charge is 0.368 e. The number of anilines is 2. The summed E-state index contributed by atoms with van der Waals surface area (Å²) in [6.07, 6.45) is 4.57. The molecule has 2 aromatic rings. The van der Waals surface area contributed by atoms with Gasteiger partial charge in [0.1, 0.15) is 5.82 Å². The normalized spacial score (nSPS) is 30.5. The van der Waals surface area contributed by atoms with E-state index in [1.54, 1.807) is 0 Å². The van der Waals surface area contributed by atoms with Crippen molar-refractivity contribution in [2.75, 3.05) is 24.1 Å². The third-order valence-electron chi connectivity index (χ3n) is 5.94. The van der Waals surface area contributed by atoms with Gasteiger partial charge in [-0.15, -0.1) is 0 Å². The highest BCUT2D eigenvalue weighted by Crippen LogP contribution is 2.49. The van der Waals surface area contributed by atoms with Gasteiger partial charge in [0, 0.05) is 24.6 Å². The van der Waals surface area contributed by atoms with E-state index < -0.39 is 0 Å². The first-order valence-electron chi connectivity index (χ1n) is 8.95. The minimum atomic E-state index is 0.203. The van der Waals surface area contributed by atoms with Gasteiger partial charge in [-0.25, -0.2) is 4.98 Å². The quantitative estimate of drug-likeness (QED) is 0.809. The van der Waals surface area contributed by atoms with Gasteiger partial charge in [-0.2, -0.15) is 4.98 Å². The van der Waals surface area contributed by atoms with Crippen LogP contribution >= 0.6 is 0 Å². The first-order valence-corrected chi connectivity index (χ1v) is 8.95. The molecule has 4 N–H and O–H groups in total. The van der Waals surface area contributed by atoms with Gasteiger partial charge in [0.15, 0.2) is 0 Å². The topological polar surface area (TPSA) is 75.9 Å². The Kier molecular flexibility index (Phi) is 3.07. The van der Waals surface area contributed by atoms with E-state index in [9.17, 15) is 0 Å². The van der Waals surface area contributed by atoms with Crippen LogP contribution in [0.2, 0.25) is 0 Å². The number of fused-ring (bicyclic) bond motifs is 2. The Labute approximate surface area is 142 Å². The molecular weight excluding hydrogens is 298 g/mol. The Hall–Kier alpha value is -2.14. The van der Waals surface area contributed by atoms with Crippen molar-refractivity contribution in [3.63, 3.8) is 0 Å². The summed E-state index contributed by atoms with van der Waals surface area (Å²) < 4.78 is 0. The van der Waals surface area contributed by atoms with Gasteiger partial charge in [-0.05, 0) is 37.2 Å². The zero-order chi connectivity index (χ0) is 16.1. The number of hydrogen-bond acceptors (Lipinski definition) is 5. The van der Waals surface area contributed by atoms with E-state index in [0.717, 1.165) is 43.4 Å². The monoisotopic (exact) mass is 321 g/mol. The zero-order valence-corrected chi connectivity index (χ0v) is 13.8. The van der Waals surface area contributed by atoms with E-state index in [-0.39, 0.29) is 5.54 Å². The van der Waals surface area contributed by atoms with Crippen molar-refractivity contribution in [3.8, 4) is 0 Å². The summed E-state index contributed by atoms with van der Waals surface area (Å²) >= 11 is 0. The summed E-state index contributed by atoms with van der Waals surface area (Å²) in [5.41, 5.74) is 10.0. The Morgan fingerprint density at radius 1 is 1.21 bits per heavy atom. The summed E-state index contributed by atoms with van der Waals surface area (Å²) in [6, 6.07) is 10.7. The summed E-state index contributed by atoms with van der Waals surface area (Å²) in [5, 5.41) is 7.21. The Morgan fingerprint density at radius 3 is 2.83 bits per heavy atom. The van der Waals surface area contributed by atoms with Crippen molar-refractivity contribution in [1.82, 2.24) is 15.3 Å². The molecule has 1 saturated heterocycles. The third-order valence-corrected chi connectivity index (χ3v) is 5.94. The molecule has 1 saturated carbocycles. The predicted molar refractivity (Wildman–Crippen MR) is 95.0 cm³/mol. The van der Waals surface area contributed by atoms with Gasteiger partial charge < -0.3 is 16.4 Å². The molecule has 3 aliphatic rings. The van der Waals surface area contributed by atoms with Crippen LogP contribution in [0, 0.1) is 5.92 Å². The molecule has 0 spiro atoms. The number of nitrogens with one attached hydrogen (secondary N) is 2. The van der Waals surface area contributed by atoms with Crippen LogP contribution in [0.1, 0.15) is 42.0 Å². The molecular formula is C19H23N5. The van der Waals surface area contributed by atoms with Crippen molar-refractivity contribution < 1.29 is 0 Å². The zero-order valence-electron chi connectivity index (χ0n) is 13.8. The van der Waals surface area contributed by atoms with E-state index in [2.05, 4.69) is 50.9 Å². The summed E-state index contributed by atoms with van der Waals surface area (Å²) in [6.45, 7) is 2.14. The molecule has 1 aromatic carbocycles. The molecule has 24 heavy (non-hydrogen) atoms. The number of nitrogens with zero attached hydrogens (tertiary/aromatic N) is 2. The summed E-state index contributed by atoms with van der Waals surface area (Å²) in [4.78, 5) is 9.23. The lowest BCUT2D eigenvalue weighted by Crippen LogP contribution is -2.31. The molecule has 3 unspecified atom stereocenters. The fraction of sp³-hybridized carbons (Fsp3) is 0.474. The van der Waals surface area contributed by atoms with Crippen LogP contribution < -0.4 is 16.4 Å². The lowest BCUT2D eigenvalue weighted by Gasteiger charge is -2.28. The first kappa shape index (κ1) is 14.2. The second-order valence-electron chi connectivity index (χ2n) is 7.46. The third kappa shape index (κ3) is 2.18. The Bertz CT molecular complexity index is 775. The molecule has 0 amide bonds. The van der Waals surface area contributed by atoms with Crippen LogP contribution in [-0.2, 0) is 6.42 Å². The van der Waals surface area contributed by atoms with Crippen LogP contribution in [0.5, 0.6) is 0 Å². The SMILES string of the molecule is Nc1nc(NC23CNCC2C3)c2c(n1)C(c1ccccc1)CCC2. The van der Waals surface area contributed by atoms with Gasteiger partial charge in [-0.3, -0.25) is 0 Å². The van der Waals surface area contributed by atoms with Crippen LogP contribution in [0.3, 0.4) is 0 Å². The van der Waals surface area contributed by atoms with E-state index in [1.165, 1.54) is 24.0 Å². The number of nitrogens with two attached hydrogens (primary N) is 1. The lowest BCUT2D eigenvalue weighted by atomic mass is 9.82. The molecule has 2 fully saturated rings.